The molecule has 0 aliphatic carbocycles. The molecule has 0 fully saturated rings. The SMILES string of the molecule is Cc1cccc(C)c1CNc1cc(NC(=O)NCCC(=O)O)cn2c(C)c(C)nc12.O=C(O)CC(O)(CC(=O)O)C(=O)O. The fourth-order valence-electron chi connectivity index (χ4n) is 4.05. The predicted molar refractivity (Wildman–Crippen MR) is 154 cm³/mol. The summed E-state index contributed by atoms with van der Waals surface area (Å²) in [6, 6.07) is 7.60. The molecule has 0 unspecified atom stereocenters. The summed E-state index contributed by atoms with van der Waals surface area (Å²) in [5.41, 5.74) is 4.97. The monoisotopic (exact) mass is 601 g/mol. The number of fused-ring (bicyclic) bond motifs is 1. The zero-order valence-electron chi connectivity index (χ0n) is 24.1. The van der Waals surface area contributed by atoms with Crippen LogP contribution in [0.3, 0.4) is 0 Å². The Morgan fingerprint density at radius 2 is 1.49 bits per heavy atom. The maximum Gasteiger partial charge on any atom is 0.336 e. The topological polar surface area (TPSA) is 240 Å². The fourth-order valence-corrected chi connectivity index (χ4v) is 4.05. The standard InChI is InChI=1S/C22H27N5O3.C6H8O7/c1-13-6-5-7-14(2)18(13)11-24-19-10-17(26-22(30)23-9-8-20(28)29)12-27-16(4)15(3)25-21(19)27;7-3(8)1-6(13,5(11)12)2-4(9)10/h5-7,10,12,24H,8-9,11H2,1-4H3,(H,28,29)(H2,23,26,30);13H,1-2H2,(H,7,8)(H,9,10)(H,11,12). The van der Waals surface area contributed by atoms with Gasteiger partial charge in [-0.15, -0.1) is 0 Å². The number of anilines is 2. The summed E-state index contributed by atoms with van der Waals surface area (Å²) < 4.78 is 1.94. The Kier molecular flexibility index (Phi) is 11.6. The van der Waals surface area contributed by atoms with Crippen LogP contribution in [-0.4, -0.2) is 77.0 Å². The lowest BCUT2D eigenvalue weighted by molar-refractivity contribution is -0.170. The molecule has 0 spiro atoms. The number of carbonyl (C=O) groups excluding carboxylic acids is 1. The second-order valence-corrected chi connectivity index (χ2v) is 9.85. The van der Waals surface area contributed by atoms with Gasteiger partial charge in [0.15, 0.2) is 11.2 Å². The van der Waals surface area contributed by atoms with E-state index in [1.807, 2.05) is 36.6 Å². The number of urea groups is 1. The minimum atomic E-state index is -2.74. The van der Waals surface area contributed by atoms with E-state index in [4.69, 9.17) is 25.5 Å². The molecule has 2 amide bonds. The number of aliphatic carboxylic acids is 4. The molecule has 0 aliphatic rings. The van der Waals surface area contributed by atoms with Gasteiger partial charge in [0.1, 0.15) is 0 Å². The molecule has 15 heteroatoms. The minimum absolute atomic E-state index is 0.0598. The summed E-state index contributed by atoms with van der Waals surface area (Å²) in [5, 5.41) is 51.3. The molecule has 2 heterocycles. The zero-order chi connectivity index (χ0) is 32.5. The number of nitrogens with zero attached hydrogens (tertiary/aromatic N) is 2. The van der Waals surface area contributed by atoms with Gasteiger partial charge < -0.3 is 45.9 Å². The van der Waals surface area contributed by atoms with Crippen molar-refractivity contribution in [1.82, 2.24) is 14.7 Å². The van der Waals surface area contributed by atoms with E-state index in [0.717, 1.165) is 22.7 Å². The predicted octanol–water partition coefficient (Wildman–Crippen LogP) is 2.53. The molecule has 0 bridgehead atoms. The van der Waals surface area contributed by atoms with Crippen molar-refractivity contribution >= 4 is 46.9 Å². The number of carbonyl (C=O) groups is 5. The third kappa shape index (κ3) is 9.71. The van der Waals surface area contributed by atoms with E-state index in [-0.39, 0.29) is 13.0 Å². The second kappa shape index (κ2) is 14.6. The normalized spacial score (nSPS) is 10.8. The number of pyridine rings is 1. The Labute approximate surface area is 246 Å². The zero-order valence-corrected chi connectivity index (χ0v) is 24.1. The van der Waals surface area contributed by atoms with Crippen molar-refractivity contribution in [3.63, 3.8) is 0 Å². The third-order valence-electron chi connectivity index (χ3n) is 6.46. The number of carboxylic acids is 4. The largest absolute Gasteiger partial charge is 0.481 e. The van der Waals surface area contributed by atoms with Crippen LogP contribution in [-0.2, 0) is 25.7 Å². The van der Waals surface area contributed by atoms with Crippen LogP contribution >= 0.6 is 0 Å². The van der Waals surface area contributed by atoms with Gasteiger partial charge in [-0.1, -0.05) is 18.2 Å². The van der Waals surface area contributed by atoms with Crippen molar-refractivity contribution in [3.05, 3.63) is 58.5 Å². The van der Waals surface area contributed by atoms with Crippen molar-refractivity contribution in [2.75, 3.05) is 17.2 Å². The summed E-state index contributed by atoms with van der Waals surface area (Å²) in [6.07, 6.45) is -0.607. The van der Waals surface area contributed by atoms with Gasteiger partial charge in [0, 0.05) is 25.0 Å². The van der Waals surface area contributed by atoms with Crippen molar-refractivity contribution in [2.45, 2.75) is 59.1 Å². The summed E-state index contributed by atoms with van der Waals surface area (Å²) in [4.78, 5) is 57.9. The van der Waals surface area contributed by atoms with E-state index in [1.54, 1.807) is 0 Å². The maximum absolute atomic E-state index is 12.1. The van der Waals surface area contributed by atoms with E-state index in [9.17, 15) is 24.0 Å². The smallest absolute Gasteiger partial charge is 0.336 e. The van der Waals surface area contributed by atoms with Gasteiger partial charge in [0.05, 0.1) is 36.3 Å². The lowest BCUT2D eigenvalue weighted by Crippen LogP contribution is -2.42. The number of nitrogens with one attached hydrogen (secondary N) is 3. The van der Waals surface area contributed by atoms with Gasteiger partial charge in [-0.25, -0.2) is 14.6 Å². The molecule has 232 valence electrons. The number of hydrogen-bond acceptors (Lipinski definition) is 8. The molecule has 3 rings (SSSR count). The molecule has 0 saturated carbocycles. The number of amides is 2. The maximum atomic E-state index is 12.1. The summed E-state index contributed by atoms with van der Waals surface area (Å²) in [6.45, 7) is 8.79. The number of rotatable bonds is 12. The molecule has 1 aromatic carbocycles. The Bertz CT molecular complexity index is 1500. The van der Waals surface area contributed by atoms with Crippen molar-refractivity contribution in [2.24, 2.45) is 0 Å². The molecule has 0 atom stereocenters. The number of aryl methyl sites for hydroxylation is 4. The average Bonchev–Trinajstić information content (AvgIpc) is 3.16. The quantitative estimate of drug-likeness (QED) is 0.149. The van der Waals surface area contributed by atoms with Crippen molar-refractivity contribution < 1.29 is 49.5 Å². The van der Waals surface area contributed by atoms with Gasteiger partial charge in [0.2, 0.25) is 0 Å². The lowest BCUT2D eigenvalue weighted by atomic mass is 9.96. The van der Waals surface area contributed by atoms with Crippen molar-refractivity contribution in [3.8, 4) is 0 Å². The summed E-state index contributed by atoms with van der Waals surface area (Å²) >= 11 is 0. The molecule has 3 aromatic rings. The number of hydrogen-bond donors (Lipinski definition) is 8. The van der Waals surface area contributed by atoms with Gasteiger partial charge in [-0.3, -0.25) is 14.4 Å². The number of benzene rings is 1. The molecule has 0 aliphatic heterocycles. The van der Waals surface area contributed by atoms with Crippen LogP contribution in [0.5, 0.6) is 0 Å². The van der Waals surface area contributed by atoms with E-state index < -0.39 is 48.4 Å². The van der Waals surface area contributed by atoms with Crippen molar-refractivity contribution in [1.29, 1.82) is 0 Å². The molecule has 0 saturated heterocycles. The third-order valence-corrected chi connectivity index (χ3v) is 6.46. The van der Waals surface area contributed by atoms with Gasteiger partial charge in [-0.05, 0) is 50.5 Å². The molecule has 2 aromatic heterocycles. The first kappa shape index (κ1) is 34.0. The van der Waals surface area contributed by atoms with Crippen LogP contribution in [0.25, 0.3) is 5.65 Å². The Morgan fingerprint density at radius 3 is 2.00 bits per heavy atom. The first-order valence-electron chi connectivity index (χ1n) is 13.0. The molecule has 8 N–H and O–H groups in total. The average molecular weight is 602 g/mol. The summed E-state index contributed by atoms with van der Waals surface area (Å²) in [5.74, 6) is -5.98. The molecular formula is C28H35N5O10. The highest BCUT2D eigenvalue weighted by Gasteiger charge is 2.40. The first-order chi connectivity index (χ1) is 20.0. The highest BCUT2D eigenvalue weighted by atomic mass is 16.4. The van der Waals surface area contributed by atoms with E-state index in [0.29, 0.717) is 12.2 Å². The number of aromatic nitrogens is 2. The van der Waals surface area contributed by atoms with Crippen LogP contribution in [0, 0.1) is 27.7 Å². The Balaban J connectivity index is 0.000000420. The Morgan fingerprint density at radius 1 is 0.907 bits per heavy atom. The number of aliphatic hydroxyl groups is 1. The lowest BCUT2D eigenvalue weighted by Gasteiger charge is -2.18. The van der Waals surface area contributed by atoms with Crippen LogP contribution in [0.4, 0.5) is 16.2 Å². The van der Waals surface area contributed by atoms with Gasteiger partial charge in [-0.2, -0.15) is 0 Å². The minimum Gasteiger partial charge on any atom is -0.481 e. The summed E-state index contributed by atoms with van der Waals surface area (Å²) in [7, 11) is 0. The van der Waals surface area contributed by atoms with Gasteiger partial charge >= 0.3 is 29.9 Å². The molecule has 0 radical (unpaired) electrons. The van der Waals surface area contributed by atoms with Crippen LogP contribution < -0.4 is 16.0 Å². The van der Waals surface area contributed by atoms with E-state index >= 15 is 0 Å². The molecule has 43 heavy (non-hydrogen) atoms. The fraction of sp³-hybridized carbons (Fsp3) is 0.357. The Hall–Kier alpha value is -5.18. The number of carboxylic acid groups (broad SMARTS) is 4. The van der Waals surface area contributed by atoms with Crippen LogP contribution in [0.2, 0.25) is 0 Å². The second-order valence-electron chi connectivity index (χ2n) is 9.85. The highest BCUT2D eigenvalue weighted by molar-refractivity contribution is 5.91. The highest BCUT2D eigenvalue weighted by Crippen LogP contribution is 2.26. The van der Waals surface area contributed by atoms with Gasteiger partial charge in [0.25, 0.3) is 0 Å². The molecular weight excluding hydrogens is 566 g/mol. The molecule has 15 nitrogen and oxygen atoms in total. The number of imidazole rings is 1. The van der Waals surface area contributed by atoms with Crippen LogP contribution in [0.1, 0.15) is 47.3 Å². The van der Waals surface area contributed by atoms with E-state index in [1.165, 1.54) is 16.7 Å². The van der Waals surface area contributed by atoms with E-state index in [2.05, 4.69) is 46.9 Å². The first-order valence-corrected chi connectivity index (χ1v) is 13.0. The van der Waals surface area contributed by atoms with Crippen LogP contribution in [0.15, 0.2) is 30.5 Å².